The number of benzene rings is 7. The molecule has 0 saturated heterocycles. The van der Waals surface area contributed by atoms with Crippen molar-refractivity contribution in [2.75, 3.05) is 0 Å². The van der Waals surface area contributed by atoms with Gasteiger partial charge in [0.05, 0.1) is 0 Å². The number of hydrogen-bond donors (Lipinski definition) is 0. The van der Waals surface area contributed by atoms with Gasteiger partial charge in [0.2, 0.25) is 0 Å². The summed E-state index contributed by atoms with van der Waals surface area (Å²) < 4.78 is 0. The average Bonchev–Trinajstić information content (AvgIpc) is 3.59. The third-order valence-corrected chi connectivity index (χ3v) is 11.3. The van der Waals surface area contributed by atoms with Crippen LogP contribution in [0.2, 0.25) is 0 Å². The molecule has 2 aromatic heterocycles. The first-order valence-electron chi connectivity index (χ1n) is 15.2. The fraction of sp³-hybridized carbons (Fsp3) is 0.0244. The lowest BCUT2D eigenvalue weighted by Crippen LogP contribution is -1.89. The number of thiazole rings is 2. The molecule has 1 aliphatic carbocycles. The molecule has 210 valence electrons. The molecule has 2 nitrogen and oxygen atoms in total. The van der Waals surface area contributed by atoms with Crippen molar-refractivity contribution >= 4 is 98.3 Å². The quantitative estimate of drug-likeness (QED) is 0.182. The Morgan fingerprint density at radius 2 is 0.778 bits per heavy atom. The molecular formula is C41H24N2S2. The van der Waals surface area contributed by atoms with Crippen molar-refractivity contribution in [2.45, 2.75) is 6.42 Å². The zero-order valence-electron chi connectivity index (χ0n) is 24.1. The molecule has 0 saturated carbocycles. The molecule has 0 amide bonds. The van der Waals surface area contributed by atoms with E-state index in [1.54, 1.807) is 22.7 Å². The highest BCUT2D eigenvalue weighted by Gasteiger charge is 2.17. The Hall–Kier alpha value is -5.16. The van der Waals surface area contributed by atoms with Crippen LogP contribution in [0.3, 0.4) is 0 Å². The summed E-state index contributed by atoms with van der Waals surface area (Å²) in [5.74, 6) is 0. The van der Waals surface area contributed by atoms with E-state index >= 15 is 0 Å². The van der Waals surface area contributed by atoms with E-state index < -0.39 is 0 Å². The maximum Gasteiger partial charge on any atom is 0.155 e. The first kappa shape index (κ1) is 25.2. The standard InChI is InChI=1S/C41H24N2S2/c1-2-10-26-28-13-6-8-16-32(28)36-22-24(18-20-34(36)30(26)11-3-1)38-42-40-41(44-38)43-39(45-40)25-19-21-35-31-15-5-4-12-27(31)29-14-7-9-17-33(29)37(35)23-25/h2-23H,1H2. The van der Waals surface area contributed by atoms with Gasteiger partial charge in [-0.15, -0.1) is 0 Å². The van der Waals surface area contributed by atoms with Crippen LogP contribution in [0.4, 0.5) is 0 Å². The van der Waals surface area contributed by atoms with Crippen LogP contribution in [-0.4, -0.2) is 9.97 Å². The van der Waals surface area contributed by atoms with Crippen LogP contribution in [0, 0.1) is 0 Å². The Labute approximate surface area is 267 Å². The Morgan fingerprint density at radius 3 is 1.31 bits per heavy atom. The van der Waals surface area contributed by atoms with E-state index in [0.717, 1.165) is 37.2 Å². The van der Waals surface area contributed by atoms with Gasteiger partial charge in [0, 0.05) is 11.1 Å². The van der Waals surface area contributed by atoms with Gasteiger partial charge in [-0.1, -0.05) is 144 Å². The first-order chi connectivity index (χ1) is 22.3. The molecule has 0 aliphatic heterocycles. The van der Waals surface area contributed by atoms with Gasteiger partial charge in [-0.2, -0.15) is 0 Å². The molecule has 1 aliphatic rings. The van der Waals surface area contributed by atoms with Crippen LogP contribution in [0.15, 0.2) is 121 Å². The molecule has 0 fully saturated rings. The van der Waals surface area contributed by atoms with Gasteiger partial charge >= 0.3 is 0 Å². The Balaban J connectivity index is 1.10. The highest BCUT2D eigenvalue weighted by molar-refractivity contribution is 7.29. The van der Waals surface area contributed by atoms with Crippen molar-refractivity contribution < 1.29 is 0 Å². The van der Waals surface area contributed by atoms with Crippen LogP contribution < -0.4 is 0 Å². The summed E-state index contributed by atoms with van der Waals surface area (Å²) in [6.07, 6.45) is 10.0. The maximum atomic E-state index is 5.12. The van der Waals surface area contributed by atoms with Gasteiger partial charge in [-0.25, -0.2) is 9.97 Å². The fourth-order valence-electron chi connectivity index (χ4n) is 7.12. The lowest BCUT2D eigenvalue weighted by atomic mass is 9.91. The molecule has 0 spiro atoms. The molecule has 45 heavy (non-hydrogen) atoms. The van der Waals surface area contributed by atoms with Crippen LogP contribution in [0.1, 0.15) is 17.5 Å². The Morgan fingerprint density at radius 1 is 0.400 bits per heavy atom. The molecule has 0 bridgehead atoms. The van der Waals surface area contributed by atoms with Gasteiger partial charge in [0.25, 0.3) is 0 Å². The third-order valence-electron chi connectivity index (χ3n) is 9.16. The van der Waals surface area contributed by atoms with Crippen molar-refractivity contribution in [2.24, 2.45) is 0 Å². The third kappa shape index (κ3) is 3.80. The van der Waals surface area contributed by atoms with Crippen molar-refractivity contribution in [1.29, 1.82) is 0 Å². The van der Waals surface area contributed by atoms with Gasteiger partial charge in [-0.05, 0) is 83.5 Å². The number of allylic oxidation sites excluding steroid dienone is 2. The van der Waals surface area contributed by atoms with E-state index in [9.17, 15) is 0 Å². The fourth-order valence-corrected chi connectivity index (χ4v) is 9.15. The smallest absolute Gasteiger partial charge is 0.155 e. The summed E-state index contributed by atoms with van der Waals surface area (Å²) in [5, 5.41) is 14.8. The van der Waals surface area contributed by atoms with E-state index in [1.165, 1.54) is 65.0 Å². The molecule has 4 heteroatoms. The summed E-state index contributed by atoms with van der Waals surface area (Å²) >= 11 is 3.37. The van der Waals surface area contributed by atoms with Crippen LogP contribution in [0.25, 0.3) is 96.8 Å². The average molecular weight is 609 g/mol. The molecule has 0 N–H and O–H groups in total. The van der Waals surface area contributed by atoms with Gasteiger partial charge in [0.15, 0.2) is 9.66 Å². The van der Waals surface area contributed by atoms with Crippen molar-refractivity contribution in [3.8, 4) is 21.1 Å². The van der Waals surface area contributed by atoms with Crippen molar-refractivity contribution in [3.63, 3.8) is 0 Å². The second kappa shape index (κ2) is 9.67. The zero-order valence-corrected chi connectivity index (χ0v) is 25.8. The van der Waals surface area contributed by atoms with E-state index in [2.05, 4.69) is 133 Å². The number of fused-ring (bicyclic) bond motifs is 13. The van der Waals surface area contributed by atoms with Gasteiger partial charge in [-0.3, -0.25) is 0 Å². The minimum Gasteiger partial charge on any atom is -0.223 e. The number of nitrogens with zero attached hydrogens (tertiary/aromatic N) is 2. The predicted octanol–water partition coefficient (Wildman–Crippen LogP) is 12.3. The summed E-state index contributed by atoms with van der Waals surface area (Å²) in [5.41, 5.74) is 4.88. The topological polar surface area (TPSA) is 25.8 Å². The highest BCUT2D eigenvalue weighted by Crippen LogP contribution is 2.42. The summed E-state index contributed by atoms with van der Waals surface area (Å²) in [6, 6.07) is 39.8. The minimum atomic E-state index is 0.958. The van der Waals surface area contributed by atoms with Crippen LogP contribution in [-0.2, 0) is 0 Å². The first-order valence-corrected chi connectivity index (χ1v) is 16.9. The molecule has 9 aromatic rings. The molecule has 0 atom stereocenters. The van der Waals surface area contributed by atoms with E-state index in [0.29, 0.717) is 0 Å². The van der Waals surface area contributed by atoms with Crippen molar-refractivity contribution in [1.82, 2.24) is 9.97 Å². The van der Waals surface area contributed by atoms with E-state index in [-0.39, 0.29) is 0 Å². The Kier molecular flexibility index (Phi) is 5.41. The van der Waals surface area contributed by atoms with E-state index in [4.69, 9.17) is 9.97 Å². The SMILES string of the molecule is C1=Cc2c(c3ccc(-c4nc5sc(-c6ccc7c8ccccc8c8ccccc8c7c6)nc5s4)cc3c3ccccc23)C=CC1. The summed E-state index contributed by atoms with van der Waals surface area (Å²) in [6.45, 7) is 0. The molecule has 0 unspecified atom stereocenters. The normalized spacial score (nSPS) is 13.1. The molecule has 0 radical (unpaired) electrons. The molecule has 10 rings (SSSR count). The second-order valence-corrected chi connectivity index (χ2v) is 13.6. The van der Waals surface area contributed by atoms with Crippen LogP contribution in [0.5, 0.6) is 0 Å². The maximum absolute atomic E-state index is 5.12. The zero-order chi connectivity index (χ0) is 29.5. The predicted molar refractivity (Wildman–Crippen MR) is 196 cm³/mol. The molecular weight excluding hydrogens is 585 g/mol. The highest BCUT2D eigenvalue weighted by atomic mass is 32.1. The lowest BCUT2D eigenvalue weighted by Gasteiger charge is -2.13. The second-order valence-electron chi connectivity index (χ2n) is 11.7. The molecule has 7 aromatic carbocycles. The van der Waals surface area contributed by atoms with Gasteiger partial charge in [0.1, 0.15) is 10.0 Å². The largest absolute Gasteiger partial charge is 0.223 e. The summed E-state index contributed by atoms with van der Waals surface area (Å²) in [4.78, 5) is 12.2. The monoisotopic (exact) mass is 608 g/mol. The summed E-state index contributed by atoms with van der Waals surface area (Å²) in [7, 11) is 0. The Bertz CT molecular complexity index is 2680. The van der Waals surface area contributed by atoms with Gasteiger partial charge < -0.3 is 0 Å². The lowest BCUT2D eigenvalue weighted by molar-refractivity contribution is 1.44. The number of aromatic nitrogens is 2. The van der Waals surface area contributed by atoms with Crippen LogP contribution >= 0.6 is 22.7 Å². The minimum absolute atomic E-state index is 0.958. The van der Waals surface area contributed by atoms with Crippen molar-refractivity contribution in [3.05, 3.63) is 132 Å². The number of rotatable bonds is 2. The van der Waals surface area contributed by atoms with E-state index in [1.807, 2.05) is 0 Å². The number of hydrogen-bond acceptors (Lipinski definition) is 4. The molecule has 2 heterocycles.